The number of nitrogens with zero attached hydrogens (tertiary/aromatic N) is 3. The molecule has 0 atom stereocenters. The van der Waals surface area contributed by atoms with Crippen LogP contribution in [0.5, 0.6) is 0 Å². The molecule has 17 heavy (non-hydrogen) atoms. The first-order chi connectivity index (χ1) is 8.10. The fourth-order valence-corrected chi connectivity index (χ4v) is 1.24. The third kappa shape index (κ3) is 3.52. The lowest BCUT2D eigenvalue weighted by atomic mass is 10.5. The molecule has 1 amide bonds. The smallest absolute Gasteiger partial charge is 0.415 e. The van der Waals surface area contributed by atoms with Crippen LogP contribution in [0.3, 0.4) is 0 Å². The van der Waals surface area contributed by atoms with Gasteiger partial charge in [0.25, 0.3) is 0 Å². The van der Waals surface area contributed by atoms with Gasteiger partial charge in [0.2, 0.25) is 5.28 Å². The normalized spacial score (nSPS) is 14.1. The summed E-state index contributed by atoms with van der Waals surface area (Å²) in [5, 5.41) is -0.110. The second kappa shape index (κ2) is 6.34. The molecule has 7 heteroatoms. The number of halogens is 2. The molecule has 2 heterocycles. The van der Waals surface area contributed by atoms with Crippen LogP contribution in [0.1, 0.15) is 20.3 Å². The van der Waals surface area contributed by atoms with E-state index < -0.39 is 11.9 Å². The maximum absolute atomic E-state index is 13.2. The Labute approximate surface area is 104 Å². The average molecular weight is 262 g/mol. The summed E-state index contributed by atoms with van der Waals surface area (Å²) >= 11 is 5.48. The van der Waals surface area contributed by atoms with Gasteiger partial charge in [0.05, 0.1) is 12.7 Å². The van der Waals surface area contributed by atoms with Crippen molar-refractivity contribution >= 4 is 23.5 Å². The maximum atomic E-state index is 13.2. The van der Waals surface area contributed by atoms with Crippen LogP contribution in [0, 0.1) is 5.82 Å². The highest BCUT2D eigenvalue weighted by Gasteiger charge is 2.27. The van der Waals surface area contributed by atoms with Gasteiger partial charge >= 0.3 is 6.09 Å². The lowest BCUT2D eigenvalue weighted by molar-refractivity contribution is 0.181. The molecule has 94 valence electrons. The Morgan fingerprint density at radius 3 is 2.76 bits per heavy atom. The zero-order valence-corrected chi connectivity index (χ0v) is 10.4. The Balaban J connectivity index is 0.000000437. The minimum absolute atomic E-state index is 0.110. The van der Waals surface area contributed by atoms with Crippen LogP contribution in [0.4, 0.5) is 15.0 Å². The molecule has 1 aromatic rings. The van der Waals surface area contributed by atoms with Crippen LogP contribution in [-0.2, 0) is 4.74 Å². The SMILES string of the molecule is CCC.O=C1OCCN1c1nc(Cl)ncc1F. The van der Waals surface area contributed by atoms with Crippen molar-refractivity contribution in [1.29, 1.82) is 0 Å². The van der Waals surface area contributed by atoms with Crippen LogP contribution < -0.4 is 4.90 Å². The van der Waals surface area contributed by atoms with Crippen molar-refractivity contribution in [3.8, 4) is 0 Å². The van der Waals surface area contributed by atoms with Crippen molar-refractivity contribution < 1.29 is 13.9 Å². The molecule has 0 bridgehead atoms. The van der Waals surface area contributed by atoms with E-state index in [0.717, 1.165) is 11.1 Å². The van der Waals surface area contributed by atoms with Crippen LogP contribution in [0.25, 0.3) is 0 Å². The van der Waals surface area contributed by atoms with Crippen molar-refractivity contribution in [2.45, 2.75) is 20.3 Å². The third-order valence-electron chi connectivity index (χ3n) is 1.71. The number of cyclic esters (lactones) is 1. The highest BCUT2D eigenvalue weighted by atomic mass is 35.5. The van der Waals surface area contributed by atoms with Crippen LogP contribution in [-0.4, -0.2) is 29.2 Å². The summed E-state index contributed by atoms with van der Waals surface area (Å²) in [5.74, 6) is -0.847. The molecule has 1 aromatic heterocycles. The predicted octanol–water partition coefficient (Wildman–Crippen LogP) is 2.64. The van der Waals surface area contributed by atoms with Gasteiger partial charge in [-0.3, -0.25) is 4.90 Å². The van der Waals surface area contributed by atoms with Gasteiger partial charge in [-0.25, -0.2) is 14.2 Å². The second-order valence-corrected chi connectivity index (χ2v) is 3.62. The number of carbonyl (C=O) groups is 1. The van der Waals surface area contributed by atoms with Gasteiger partial charge in [0, 0.05) is 0 Å². The summed E-state index contributed by atoms with van der Waals surface area (Å²) < 4.78 is 17.8. The number of aromatic nitrogens is 2. The van der Waals surface area contributed by atoms with Gasteiger partial charge in [-0.15, -0.1) is 0 Å². The fourth-order valence-electron chi connectivity index (χ4n) is 1.11. The van der Waals surface area contributed by atoms with Crippen molar-refractivity contribution in [3.63, 3.8) is 0 Å². The highest BCUT2D eigenvalue weighted by Crippen LogP contribution is 2.20. The third-order valence-corrected chi connectivity index (χ3v) is 1.89. The zero-order chi connectivity index (χ0) is 12.8. The minimum atomic E-state index is -0.701. The average Bonchev–Trinajstić information content (AvgIpc) is 2.69. The molecule has 0 N–H and O–H groups in total. The lowest BCUT2D eigenvalue weighted by Crippen LogP contribution is -2.25. The van der Waals surface area contributed by atoms with E-state index in [-0.39, 0.29) is 24.3 Å². The van der Waals surface area contributed by atoms with Crippen molar-refractivity contribution in [2.75, 3.05) is 18.1 Å². The largest absolute Gasteiger partial charge is 0.447 e. The fraction of sp³-hybridized carbons (Fsp3) is 0.500. The Morgan fingerprint density at radius 1 is 1.59 bits per heavy atom. The highest BCUT2D eigenvalue weighted by molar-refractivity contribution is 6.28. The minimum Gasteiger partial charge on any atom is -0.447 e. The number of ether oxygens (including phenoxy) is 1. The first kappa shape index (κ1) is 13.6. The van der Waals surface area contributed by atoms with E-state index in [0.29, 0.717) is 0 Å². The molecule has 0 radical (unpaired) electrons. The first-order valence-electron chi connectivity index (χ1n) is 5.22. The van der Waals surface area contributed by atoms with Gasteiger partial charge in [0.15, 0.2) is 11.6 Å². The van der Waals surface area contributed by atoms with E-state index >= 15 is 0 Å². The van der Waals surface area contributed by atoms with E-state index in [1.165, 1.54) is 6.42 Å². The van der Waals surface area contributed by atoms with E-state index in [2.05, 4.69) is 28.6 Å². The van der Waals surface area contributed by atoms with Crippen LogP contribution in [0.2, 0.25) is 5.28 Å². The molecular weight excluding hydrogens is 249 g/mol. The molecule has 0 spiro atoms. The topological polar surface area (TPSA) is 55.3 Å². The Bertz CT molecular complexity index is 403. The van der Waals surface area contributed by atoms with Gasteiger partial charge in [0.1, 0.15) is 6.61 Å². The number of amides is 1. The summed E-state index contributed by atoms with van der Waals surface area (Å²) in [6.07, 6.45) is 1.54. The number of rotatable bonds is 1. The monoisotopic (exact) mass is 261 g/mol. The molecule has 1 aliphatic rings. The first-order valence-corrected chi connectivity index (χ1v) is 5.60. The molecule has 1 fully saturated rings. The van der Waals surface area contributed by atoms with Crippen molar-refractivity contribution in [1.82, 2.24) is 9.97 Å². The van der Waals surface area contributed by atoms with Crippen molar-refractivity contribution in [2.24, 2.45) is 0 Å². The Kier molecular flexibility index (Phi) is 5.09. The van der Waals surface area contributed by atoms with Crippen molar-refractivity contribution in [3.05, 3.63) is 17.3 Å². The molecule has 5 nitrogen and oxygen atoms in total. The molecule has 0 unspecified atom stereocenters. The molecule has 0 aliphatic carbocycles. The van der Waals surface area contributed by atoms with Gasteiger partial charge in [-0.1, -0.05) is 20.3 Å². The molecular formula is C10H13ClFN3O2. The summed E-state index contributed by atoms with van der Waals surface area (Å²) in [5.41, 5.74) is 0. The lowest BCUT2D eigenvalue weighted by Gasteiger charge is -2.11. The van der Waals surface area contributed by atoms with Gasteiger partial charge < -0.3 is 4.74 Å². The Hall–Kier alpha value is -1.43. The summed E-state index contributed by atoms with van der Waals surface area (Å²) in [6, 6.07) is 0. The van der Waals surface area contributed by atoms with Gasteiger partial charge in [-0.2, -0.15) is 4.98 Å². The molecule has 0 aromatic carbocycles. The van der Waals surface area contributed by atoms with Gasteiger partial charge in [-0.05, 0) is 11.6 Å². The van der Waals surface area contributed by atoms with E-state index in [1.54, 1.807) is 0 Å². The molecule has 1 saturated heterocycles. The Morgan fingerprint density at radius 2 is 2.24 bits per heavy atom. The summed E-state index contributed by atoms with van der Waals surface area (Å²) in [4.78, 5) is 19.2. The standard InChI is InChI=1S/C7H5ClFN3O2.C3H8/c8-6-10-3-4(9)5(11-6)12-1-2-14-7(12)13;1-3-2/h3H,1-2H2;3H2,1-2H3. The number of hydrogen-bond acceptors (Lipinski definition) is 4. The second-order valence-electron chi connectivity index (χ2n) is 3.28. The molecule has 1 aliphatic heterocycles. The number of carbonyl (C=O) groups excluding carboxylic acids is 1. The maximum Gasteiger partial charge on any atom is 0.415 e. The van der Waals surface area contributed by atoms with Crippen LogP contribution >= 0.6 is 11.6 Å². The van der Waals surface area contributed by atoms with Crippen LogP contribution in [0.15, 0.2) is 6.20 Å². The summed E-state index contributed by atoms with van der Waals surface area (Å²) in [6.45, 7) is 4.74. The summed E-state index contributed by atoms with van der Waals surface area (Å²) in [7, 11) is 0. The number of hydrogen-bond donors (Lipinski definition) is 0. The number of anilines is 1. The predicted molar refractivity (Wildman–Crippen MR) is 61.7 cm³/mol. The zero-order valence-electron chi connectivity index (χ0n) is 9.61. The quantitative estimate of drug-likeness (QED) is 0.729. The van der Waals surface area contributed by atoms with E-state index in [9.17, 15) is 9.18 Å². The molecule has 0 saturated carbocycles. The molecule has 2 rings (SSSR count). The van der Waals surface area contributed by atoms with E-state index in [1.807, 2.05) is 0 Å². The van der Waals surface area contributed by atoms with E-state index in [4.69, 9.17) is 11.6 Å².